The first-order valence-electron chi connectivity index (χ1n) is 12.1. The van der Waals surface area contributed by atoms with Gasteiger partial charge in [0.05, 0.1) is 10.2 Å². The van der Waals surface area contributed by atoms with Gasteiger partial charge in [-0.05, 0) is 50.0 Å². The van der Waals surface area contributed by atoms with Crippen molar-refractivity contribution < 1.29 is 26.1 Å². The second-order valence-corrected chi connectivity index (χ2v) is 4.52. The maximum Gasteiger partial charge on any atom is 0.407 e. The van der Waals surface area contributed by atoms with Gasteiger partial charge in [-0.3, -0.25) is 0 Å². The van der Waals surface area contributed by atoms with Gasteiger partial charge in [0.15, 0.2) is 2.82 Å². The Morgan fingerprint density at radius 3 is 3.33 bits per heavy atom. The lowest BCUT2D eigenvalue weighted by atomic mass is 10.0. The van der Waals surface area contributed by atoms with E-state index in [0.717, 1.165) is 13.2 Å². The number of aromatic nitrogens is 1. The van der Waals surface area contributed by atoms with Gasteiger partial charge in [0.2, 0.25) is 0 Å². The van der Waals surface area contributed by atoms with E-state index in [1.165, 1.54) is 0 Å². The maximum atomic E-state index is 11.6. The largest absolute Gasteiger partial charge is 0.447 e. The molecule has 3 rings (SSSR count). The van der Waals surface area contributed by atoms with Crippen LogP contribution < -0.4 is 5.31 Å². The van der Waals surface area contributed by atoms with E-state index >= 15 is 0 Å². The van der Waals surface area contributed by atoms with E-state index in [9.17, 15) is 4.79 Å². The SMILES string of the molecule is [2H]c1c(C([2H])([2H])[C@H]2COC(=O)N2[2H])c([2H])c2c(CC([2H])([2H])N(C)C([2H])([2H])[2H])cn([2H])c2c1[2H]. The number of aryl methyl sites for hydroxylation is 1. The summed E-state index contributed by atoms with van der Waals surface area (Å²) in [5.41, 5.74) is -0.885. The molecule has 2 aromatic rings. The lowest BCUT2D eigenvalue weighted by Crippen LogP contribution is -2.28. The zero-order chi connectivity index (χ0) is 25.3. The number of carbonyl (C=O) groups excluding carboxylic acids is 1. The van der Waals surface area contributed by atoms with Gasteiger partial charge in [-0.15, -0.1) is 0 Å². The molecule has 1 atom stereocenters. The highest BCUT2D eigenvalue weighted by molar-refractivity contribution is 5.84. The number of ether oxygens (including phenoxy) is 1. The fourth-order valence-corrected chi connectivity index (χ4v) is 1.94. The van der Waals surface area contributed by atoms with Crippen molar-refractivity contribution in [2.75, 3.05) is 27.1 Å². The van der Waals surface area contributed by atoms with Crippen LogP contribution in [0.25, 0.3) is 10.9 Å². The van der Waals surface area contributed by atoms with Crippen LogP contribution in [0, 0.1) is 0 Å². The molecule has 1 fully saturated rings. The number of cyclic esters (lactones) is 1. The van der Waals surface area contributed by atoms with E-state index in [-0.39, 0.29) is 21.8 Å². The average Bonchev–Trinajstić information content (AvgIpc) is 3.17. The zero-order valence-electron chi connectivity index (χ0n) is 23.2. The molecule has 1 amide bonds. The van der Waals surface area contributed by atoms with Crippen LogP contribution in [0.4, 0.5) is 4.79 Å². The van der Waals surface area contributed by atoms with Crippen molar-refractivity contribution in [3.8, 4) is 0 Å². The van der Waals surface area contributed by atoms with Gasteiger partial charge in [0, 0.05) is 33.2 Å². The quantitative estimate of drug-likeness (QED) is 0.887. The van der Waals surface area contributed by atoms with E-state index in [4.69, 9.17) is 16.5 Å². The lowest BCUT2D eigenvalue weighted by molar-refractivity contribution is 0.177. The summed E-state index contributed by atoms with van der Waals surface area (Å²) < 4.78 is 101. The smallest absolute Gasteiger partial charge is 0.407 e. The van der Waals surface area contributed by atoms with Crippen molar-refractivity contribution in [1.29, 1.82) is 0 Å². The molecular formula is C16H21N3O2. The maximum absolute atomic E-state index is 11.6. The number of hydrogen-bond acceptors (Lipinski definition) is 3. The van der Waals surface area contributed by atoms with Crippen LogP contribution in [0.2, 0.25) is 2.82 Å². The first-order chi connectivity index (χ1) is 14.9. The Hall–Kier alpha value is -2.01. The van der Waals surface area contributed by atoms with Gasteiger partial charge in [0.25, 0.3) is 0 Å². The van der Waals surface area contributed by atoms with Gasteiger partial charge in [-0.1, -0.05) is 6.04 Å². The third kappa shape index (κ3) is 3.19. The minimum absolute atomic E-state index is 0.0295. The second-order valence-electron chi connectivity index (χ2n) is 4.52. The fraction of sp³-hybridized carbons (Fsp3) is 0.438. The first kappa shape index (κ1) is 5.65. The standard InChI is InChI=1S/C16H21N3O2/c1-19(2)6-5-12-9-17-15-4-3-11(8-14(12)15)7-13-10-21-16(20)18-13/h3-4,8-9,13,17H,5-7,10H2,1-2H3,(H,18,20)/t13-/m0/s1/i1D3,3D,4D,6D2,7D2,8D/hD2. The number of rotatable bonds is 5. The average molecular weight is 299 g/mol. The molecule has 0 saturated carbocycles. The summed E-state index contributed by atoms with van der Waals surface area (Å²) in [6.45, 7) is -5.76. The molecule has 112 valence electrons. The van der Waals surface area contributed by atoms with Crippen molar-refractivity contribution in [3.63, 3.8) is 0 Å². The van der Waals surface area contributed by atoms with Crippen LogP contribution in [0.5, 0.6) is 0 Å². The summed E-state index contributed by atoms with van der Waals surface area (Å²) in [5, 5.41) is 0.0715. The molecule has 0 radical (unpaired) electrons. The molecule has 1 aromatic heterocycles. The first-order valence-corrected chi connectivity index (χ1v) is 6.25. The predicted molar refractivity (Wildman–Crippen MR) is 82.5 cm³/mol. The van der Waals surface area contributed by atoms with Gasteiger partial charge < -0.3 is 19.9 Å². The number of nitrogens with one attached hydrogen (secondary N) is 2. The molecule has 1 aliphatic heterocycles. The van der Waals surface area contributed by atoms with Crippen LogP contribution in [0.3, 0.4) is 0 Å². The van der Waals surface area contributed by atoms with E-state index in [2.05, 4.69) is 4.74 Å². The van der Waals surface area contributed by atoms with Gasteiger partial charge >= 0.3 is 6.09 Å². The Balaban J connectivity index is 2.23. The fourth-order valence-electron chi connectivity index (χ4n) is 1.94. The van der Waals surface area contributed by atoms with Crippen molar-refractivity contribution in [1.82, 2.24) is 15.2 Å². The third-order valence-corrected chi connectivity index (χ3v) is 2.91. The van der Waals surface area contributed by atoms with E-state index in [1.54, 1.807) is 0 Å². The van der Waals surface area contributed by atoms with Gasteiger partial charge in [-0.25, -0.2) is 4.79 Å². The number of fused-ring (bicyclic) bond motifs is 1. The molecule has 1 aliphatic rings. The number of likely N-dealkylation sites (N-methyl/N-ethyl adjacent to an activating group) is 1. The third-order valence-electron chi connectivity index (χ3n) is 2.91. The summed E-state index contributed by atoms with van der Waals surface area (Å²) in [5.74, 6) is 0. The van der Waals surface area contributed by atoms with Crippen molar-refractivity contribution in [3.05, 3.63) is 35.5 Å². The molecule has 0 spiro atoms. The summed E-state index contributed by atoms with van der Waals surface area (Å²) >= 11 is 0. The van der Waals surface area contributed by atoms with E-state index in [0.29, 0.717) is 9.88 Å². The van der Waals surface area contributed by atoms with Crippen LogP contribution in [-0.4, -0.2) is 49.1 Å². The molecule has 2 heterocycles. The highest BCUT2D eigenvalue weighted by Gasteiger charge is 2.22. The highest BCUT2D eigenvalue weighted by atomic mass is 16.6. The van der Waals surface area contributed by atoms with Crippen molar-refractivity contribution in [2.45, 2.75) is 18.8 Å². The van der Waals surface area contributed by atoms with Crippen LogP contribution in [0.15, 0.2) is 24.3 Å². The summed E-state index contributed by atoms with van der Waals surface area (Å²) in [6.07, 6.45) is -3.29. The lowest BCUT2D eigenvalue weighted by Gasteiger charge is -2.09. The predicted octanol–water partition coefficient (Wildman–Crippen LogP) is 1.92. The van der Waals surface area contributed by atoms with Gasteiger partial charge in [0.1, 0.15) is 6.61 Å². The minimum Gasteiger partial charge on any atom is -0.447 e. The van der Waals surface area contributed by atoms with Crippen molar-refractivity contribution >= 4 is 17.0 Å². The molecule has 0 bridgehead atoms. The summed E-state index contributed by atoms with van der Waals surface area (Å²) in [4.78, 5) is 12.7. The topological polar surface area (TPSA) is 57.4 Å². The van der Waals surface area contributed by atoms with Gasteiger partial charge in [-0.2, -0.15) is 0 Å². The zero-order valence-corrected chi connectivity index (χ0v) is 11.2. The Morgan fingerprint density at radius 1 is 1.67 bits per heavy atom. The molecular weight excluding hydrogens is 266 g/mol. The molecule has 5 heteroatoms. The Labute approximate surface area is 141 Å². The molecule has 1 saturated heterocycles. The highest BCUT2D eigenvalue weighted by Crippen LogP contribution is 2.21. The van der Waals surface area contributed by atoms with Crippen LogP contribution in [-0.2, 0) is 17.5 Å². The Morgan fingerprint density at radius 2 is 2.57 bits per heavy atom. The van der Waals surface area contributed by atoms with E-state index < -0.39 is 68.7 Å². The normalized spacial score (nSPS) is 29.0. The number of nitrogens with zero attached hydrogens (tertiary/aromatic N) is 1. The number of amides is 1. The monoisotopic (exact) mass is 299 g/mol. The molecule has 0 aliphatic carbocycles. The summed E-state index contributed by atoms with van der Waals surface area (Å²) in [7, 11) is 1.05. The van der Waals surface area contributed by atoms with Crippen LogP contribution >= 0.6 is 0 Å². The Bertz CT molecular complexity index is 1110. The summed E-state index contributed by atoms with van der Waals surface area (Å²) in [6, 6.07) is -3.44. The van der Waals surface area contributed by atoms with Crippen molar-refractivity contribution in [2.24, 2.45) is 0 Å². The molecule has 2 N–H and O–H groups in total. The molecule has 0 unspecified atom stereocenters. The molecule has 5 nitrogen and oxygen atoms in total. The number of benzene rings is 1. The van der Waals surface area contributed by atoms with Crippen LogP contribution in [0.1, 0.15) is 24.8 Å². The number of alkyl carbamates (subject to hydrolysis) is 1. The number of aromatic amines is 1. The Kier molecular flexibility index (Phi) is 1.55. The minimum atomic E-state index is -2.78. The number of H-pyrrole nitrogens is 1. The molecule has 21 heavy (non-hydrogen) atoms. The number of hydrogen-bond donors (Lipinski definition) is 2. The second kappa shape index (κ2) is 5.77. The number of carbonyl (C=O) groups is 1. The van der Waals surface area contributed by atoms with E-state index in [1.807, 2.05) is 0 Å². The molecule has 1 aromatic carbocycles.